The molecule has 0 rings (SSSR count). The Balaban J connectivity index is 0. The van der Waals surface area contributed by atoms with Crippen molar-refractivity contribution < 1.29 is 14.0 Å². The van der Waals surface area contributed by atoms with Gasteiger partial charge in [-0.05, 0) is 0 Å². The molecule has 0 aliphatic rings. The van der Waals surface area contributed by atoms with Crippen LogP contribution in [-0.2, 0) is 9.09 Å². The van der Waals surface area contributed by atoms with Crippen molar-refractivity contribution in [1.82, 2.24) is 0 Å². The Labute approximate surface area is 95.2 Å². The minimum atomic E-state index is -2.35. The minimum Gasteiger partial charge on any atom is -0.133 e. The fraction of sp³-hybridized carbons (Fsp3) is 1.00. The number of hydrogen-bond donors (Lipinski definition) is 1. The minimum absolute atomic E-state index is 1.17. The van der Waals surface area contributed by atoms with Crippen molar-refractivity contribution in [3.05, 3.63) is 0 Å². The van der Waals surface area contributed by atoms with E-state index < -0.39 is 8.25 Å². The average molecular weight is 237 g/mol. The van der Waals surface area contributed by atoms with E-state index in [0.29, 0.717) is 0 Å². The smallest absolute Gasteiger partial charge is 0.133 e. The summed E-state index contributed by atoms with van der Waals surface area (Å²) >= 11 is 0. The fourth-order valence-electron chi connectivity index (χ4n) is 1.21. The van der Waals surface area contributed by atoms with Gasteiger partial charge in [0, 0.05) is 4.57 Å². The molecule has 15 heavy (non-hydrogen) atoms. The molecule has 1 atom stereocenters. The summed E-state index contributed by atoms with van der Waals surface area (Å²) in [4.78, 5) is 7.65. The molecule has 92 valence electrons. The predicted molar refractivity (Wildman–Crippen MR) is 65.1 cm³/mol. The van der Waals surface area contributed by atoms with E-state index in [2.05, 4.69) is 18.4 Å². The summed E-state index contributed by atoms with van der Waals surface area (Å²) in [7, 11) is -1.18. The first-order valence-corrected chi connectivity index (χ1v) is 7.02. The van der Waals surface area contributed by atoms with Gasteiger partial charge in [-0.3, -0.25) is 0 Å². The molecule has 0 bridgehead atoms. The molecule has 0 radical (unpaired) electrons. The van der Waals surface area contributed by atoms with Crippen LogP contribution in [0.25, 0.3) is 0 Å². The van der Waals surface area contributed by atoms with Crippen molar-refractivity contribution in [1.29, 1.82) is 0 Å². The van der Waals surface area contributed by atoms with Crippen LogP contribution in [0, 0.1) is 0 Å². The first kappa shape index (κ1) is 17.4. The van der Waals surface area contributed by atoms with Gasteiger partial charge in [-0.25, -0.2) is 0 Å². The summed E-state index contributed by atoms with van der Waals surface area (Å²) in [5.74, 6) is 0. The Morgan fingerprint density at radius 1 is 0.933 bits per heavy atom. The largest absolute Gasteiger partial charge is 0.694 e. The molecule has 0 saturated carbocycles. The highest BCUT2D eigenvalue weighted by atomic mass is 31.1. The van der Waals surface area contributed by atoms with E-state index in [1.165, 1.54) is 58.5 Å². The molecular formula is C11H26O3P+. The van der Waals surface area contributed by atoms with Gasteiger partial charge >= 0.3 is 8.25 Å². The quantitative estimate of drug-likeness (QED) is 0.501. The molecule has 0 aliphatic carbocycles. The lowest BCUT2D eigenvalue weighted by Crippen LogP contribution is -1.77. The van der Waals surface area contributed by atoms with E-state index in [1.807, 2.05) is 0 Å². The van der Waals surface area contributed by atoms with E-state index in [1.54, 1.807) is 0 Å². The first-order valence-electron chi connectivity index (χ1n) is 5.89. The normalized spacial score (nSPS) is 10.5. The van der Waals surface area contributed by atoms with E-state index >= 15 is 0 Å². The van der Waals surface area contributed by atoms with Crippen LogP contribution < -0.4 is 0 Å². The number of rotatable bonds is 8. The molecule has 1 unspecified atom stereocenters. The third-order valence-electron chi connectivity index (χ3n) is 2.11. The lowest BCUT2D eigenvalue weighted by atomic mass is 10.1. The summed E-state index contributed by atoms with van der Waals surface area (Å²) < 4.78 is 13.1. The van der Waals surface area contributed by atoms with Gasteiger partial charge in [0.05, 0.1) is 7.11 Å². The highest BCUT2D eigenvalue weighted by molar-refractivity contribution is 7.32. The van der Waals surface area contributed by atoms with Gasteiger partial charge in [-0.2, -0.15) is 0 Å². The van der Waals surface area contributed by atoms with Crippen LogP contribution in [0.4, 0.5) is 0 Å². The van der Waals surface area contributed by atoms with Gasteiger partial charge in [0.1, 0.15) is 0 Å². The molecule has 0 aromatic heterocycles. The van der Waals surface area contributed by atoms with Crippen molar-refractivity contribution in [3.63, 3.8) is 0 Å². The van der Waals surface area contributed by atoms with Crippen molar-refractivity contribution in [2.45, 2.75) is 65.2 Å². The second kappa shape index (κ2) is 16.4. The van der Waals surface area contributed by atoms with Gasteiger partial charge in [0.25, 0.3) is 0 Å². The zero-order valence-electron chi connectivity index (χ0n) is 10.4. The third kappa shape index (κ3) is 24.9. The molecule has 0 aromatic carbocycles. The Morgan fingerprint density at radius 3 is 1.40 bits per heavy atom. The Bertz CT molecular complexity index is 121. The van der Waals surface area contributed by atoms with Crippen LogP contribution in [0.5, 0.6) is 0 Å². The van der Waals surface area contributed by atoms with Gasteiger partial charge < -0.3 is 0 Å². The molecule has 0 amide bonds. The molecule has 0 aromatic rings. The standard InChI is InChI=1S/C10H22.CH3O3P/c1-3-5-7-9-10-8-6-4-2;1-4-5(2)3/h3-10H2,1-2H3;1H3/p+1. The molecule has 3 nitrogen and oxygen atoms in total. The summed E-state index contributed by atoms with van der Waals surface area (Å²) in [6.45, 7) is 4.54. The van der Waals surface area contributed by atoms with E-state index in [9.17, 15) is 4.57 Å². The van der Waals surface area contributed by atoms with Crippen LogP contribution in [0.3, 0.4) is 0 Å². The van der Waals surface area contributed by atoms with Crippen LogP contribution >= 0.6 is 8.25 Å². The maximum Gasteiger partial charge on any atom is 0.694 e. The molecule has 4 heteroatoms. The van der Waals surface area contributed by atoms with E-state index in [-0.39, 0.29) is 0 Å². The number of unbranched alkanes of at least 4 members (excludes halogenated alkanes) is 7. The van der Waals surface area contributed by atoms with Crippen molar-refractivity contribution in [2.24, 2.45) is 0 Å². The van der Waals surface area contributed by atoms with Gasteiger partial charge in [-0.15, -0.1) is 9.42 Å². The maximum atomic E-state index is 9.29. The Hall–Kier alpha value is 0.0200. The highest BCUT2D eigenvalue weighted by Gasteiger charge is 2.02. The average Bonchev–Trinajstić information content (AvgIpc) is 2.24. The third-order valence-corrected chi connectivity index (χ3v) is 2.43. The summed E-state index contributed by atoms with van der Waals surface area (Å²) in [6, 6.07) is 0. The first-order chi connectivity index (χ1) is 7.18. The van der Waals surface area contributed by atoms with Crippen molar-refractivity contribution in [2.75, 3.05) is 7.11 Å². The van der Waals surface area contributed by atoms with Gasteiger partial charge in [-0.1, -0.05) is 65.2 Å². The predicted octanol–water partition coefficient (Wildman–Crippen LogP) is 4.43. The number of hydrogen-bond acceptors (Lipinski definition) is 2. The summed E-state index contributed by atoms with van der Waals surface area (Å²) in [5, 5.41) is 0. The monoisotopic (exact) mass is 237 g/mol. The van der Waals surface area contributed by atoms with E-state index in [0.717, 1.165) is 0 Å². The zero-order chi connectivity index (χ0) is 11.9. The van der Waals surface area contributed by atoms with Crippen LogP contribution in [0.1, 0.15) is 65.2 Å². The second-order valence-electron chi connectivity index (χ2n) is 3.54. The second-order valence-corrected chi connectivity index (χ2v) is 4.38. The lowest BCUT2D eigenvalue weighted by Gasteiger charge is -1.97. The molecule has 0 aliphatic heterocycles. The topological polar surface area (TPSA) is 46.5 Å². The Morgan fingerprint density at radius 2 is 1.20 bits per heavy atom. The van der Waals surface area contributed by atoms with Crippen LogP contribution in [-0.4, -0.2) is 12.0 Å². The van der Waals surface area contributed by atoms with E-state index in [4.69, 9.17) is 4.89 Å². The molecule has 0 fully saturated rings. The van der Waals surface area contributed by atoms with Crippen LogP contribution in [0.2, 0.25) is 0 Å². The molecule has 0 heterocycles. The van der Waals surface area contributed by atoms with Crippen molar-refractivity contribution in [3.8, 4) is 0 Å². The van der Waals surface area contributed by atoms with Crippen molar-refractivity contribution >= 4 is 8.25 Å². The molecule has 1 N–H and O–H groups in total. The summed E-state index contributed by atoms with van der Waals surface area (Å²) in [6.07, 6.45) is 11.5. The van der Waals surface area contributed by atoms with Gasteiger partial charge in [0.15, 0.2) is 0 Å². The van der Waals surface area contributed by atoms with Crippen LogP contribution in [0.15, 0.2) is 0 Å². The SMILES string of the molecule is CCCCCCCCCC.CO[P+](=O)O. The summed E-state index contributed by atoms with van der Waals surface area (Å²) in [5.41, 5.74) is 0. The zero-order valence-corrected chi connectivity index (χ0v) is 11.3. The highest BCUT2D eigenvalue weighted by Crippen LogP contribution is 2.09. The maximum absolute atomic E-state index is 9.29. The molecule has 0 spiro atoms. The fourth-order valence-corrected chi connectivity index (χ4v) is 1.21. The van der Waals surface area contributed by atoms with Gasteiger partial charge in [0.2, 0.25) is 0 Å². The molecular weight excluding hydrogens is 211 g/mol. The Kier molecular flexibility index (Phi) is 19.1. The lowest BCUT2D eigenvalue weighted by molar-refractivity contribution is 0.343. The molecule has 0 saturated heterocycles.